The summed E-state index contributed by atoms with van der Waals surface area (Å²) in [7, 11) is 0. The fourth-order valence-electron chi connectivity index (χ4n) is 5.36. The number of amides is 1. The zero-order valence-electron chi connectivity index (χ0n) is 20.2. The van der Waals surface area contributed by atoms with Crippen molar-refractivity contribution in [2.45, 2.75) is 38.1 Å². The maximum absolute atomic E-state index is 13.3. The Kier molecular flexibility index (Phi) is 7.25. The molecule has 1 saturated carbocycles. The first-order chi connectivity index (χ1) is 17.2. The van der Waals surface area contributed by atoms with Crippen LogP contribution in [0.3, 0.4) is 0 Å². The van der Waals surface area contributed by atoms with Gasteiger partial charge in [0.25, 0.3) is 0 Å². The summed E-state index contributed by atoms with van der Waals surface area (Å²) >= 11 is 0. The lowest BCUT2D eigenvalue weighted by atomic mass is 9.81. The highest BCUT2D eigenvalue weighted by molar-refractivity contribution is 5.87. The highest BCUT2D eigenvalue weighted by atomic mass is 16.1. The zero-order chi connectivity index (χ0) is 24.0. The third-order valence-electron chi connectivity index (χ3n) is 7.52. The quantitative estimate of drug-likeness (QED) is 0.322. The van der Waals surface area contributed by atoms with Crippen LogP contribution in [0, 0.1) is 11.8 Å². The standard InChI is InChI=1S/C32H34N2O/c33-22-24-13-15-26(16-14-24)32(35)34-31(19-23-7-2-1-3-8-23)30-12-6-11-28(21-30)29-18-17-25-9-4-5-10-27(25)20-29/h1-12,17-18,20-21,24,26,31H,13-16,19,22,33H2,(H,34,35). The van der Waals surface area contributed by atoms with Gasteiger partial charge in [-0.1, -0.05) is 84.9 Å². The average molecular weight is 463 g/mol. The summed E-state index contributed by atoms with van der Waals surface area (Å²) in [5.74, 6) is 0.829. The number of benzene rings is 4. The molecule has 1 aliphatic rings. The Bertz CT molecular complexity index is 1280. The SMILES string of the molecule is NCC1CCC(C(=O)NC(Cc2ccccc2)c2cccc(-c3ccc4ccccc4c3)c2)CC1. The first kappa shape index (κ1) is 23.3. The van der Waals surface area contributed by atoms with Gasteiger partial charge in [0.05, 0.1) is 6.04 Å². The van der Waals surface area contributed by atoms with E-state index in [1.165, 1.54) is 27.5 Å². The van der Waals surface area contributed by atoms with Crippen molar-refractivity contribution in [1.82, 2.24) is 5.32 Å². The predicted molar refractivity (Wildman–Crippen MR) is 145 cm³/mol. The molecule has 1 aliphatic carbocycles. The van der Waals surface area contributed by atoms with Crippen LogP contribution in [-0.2, 0) is 11.2 Å². The first-order valence-corrected chi connectivity index (χ1v) is 12.8. The number of carbonyl (C=O) groups excluding carboxylic acids is 1. The molecule has 4 aromatic carbocycles. The van der Waals surface area contributed by atoms with Gasteiger partial charge >= 0.3 is 0 Å². The fourth-order valence-corrected chi connectivity index (χ4v) is 5.36. The third-order valence-corrected chi connectivity index (χ3v) is 7.52. The normalized spacial score (nSPS) is 18.8. The minimum atomic E-state index is -0.0717. The van der Waals surface area contributed by atoms with E-state index in [4.69, 9.17) is 5.73 Å². The molecule has 1 fully saturated rings. The van der Waals surface area contributed by atoms with E-state index in [0.29, 0.717) is 5.92 Å². The number of carbonyl (C=O) groups is 1. The molecule has 0 saturated heterocycles. The van der Waals surface area contributed by atoms with Crippen molar-refractivity contribution in [2.75, 3.05) is 6.54 Å². The Morgan fingerprint density at radius 1 is 0.771 bits per heavy atom. The monoisotopic (exact) mass is 462 g/mol. The number of hydrogen-bond acceptors (Lipinski definition) is 2. The van der Waals surface area contributed by atoms with Gasteiger partial charge in [-0.15, -0.1) is 0 Å². The lowest BCUT2D eigenvalue weighted by molar-refractivity contribution is -0.127. The van der Waals surface area contributed by atoms with Gasteiger partial charge in [0.15, 0.2) is 0 Å². The Balaban J connectivity index is 1.41. The van der Waals surface area contributed by atoms with Crippen LogP contribution in [0.15, 0.2) is 97.1 Å². The van der Waals surface area contributed by atoms with E-state index >= 15 is 0 Å². The average Bonchev–Trinajstić information content (AvgIpc) is 2.93. The molecular weight excluding hydrogens is 428 g/mol. The summed E-state index contributed by atoms with van der Waals surface area (Å²) in [4.78, 5) is 13.3. The van der Waals surface area contributed by atoms with Gasteiger partial charge in [0, 0.05) is 5.92 Å². The van der Waals surface area contributed by atoms with Crippen molar-refractivity contribution >= 4 is 16.7 Å². The van der Waals surface area contributed by atoms with E-state index in [-0.39, 0.29) is 17.9 Å². The number of hydrogen-bond donors (Lipinski definition) is 2. The molecule has 0 aromatic heterocycles. The van der Waals surface area contributed by atoms with Crippen LogP contribution >= 0.6 is 0 Å². The molecule has 178 valence electrons. The lowest BCUT2D eigenvalue weighted by Crippen LogP contribution is -2.37. The molecule has 0 bridgehead atoms. The summed E-state index contributed by atoms with van der Waals surface area (Å²) < 4.78 is 0. The van der Waals surface area contributed by atoms with E-state index in [1.807, 2.05) is 6.07 Å². The largest absolute Gasteiger partial charge is 0.349 e. The summed E-state index contributed by atoms with van der Waals surface area (Å²) in [5.41, 5.74) is 10.6. The molecular formula is C32H34N2O. The van der Waals surface area contributed by atoms with E-state index in [1.54, 1.807) is 0 Å². The Labute approximate surface area is 208 Å². The molecule has 0 spiro atoms. The molecule has 1 atom stereocenters. The summed E-state index contributed by atoms with van der Waals surface area (Å²) in [6.45, 7) is 0.729. The van der Waals surface area contributed by atoms with E-state index < -0.39 is 0 Å². The second-order valence-corrected chi connectivity index (χ2v) is 9.89. The molecule has 1 amide bonds. The third kappa shape index (κ3) is 5.63. The first-order valence-electron chi connectivity index (χ1n) is 12.8. The van der Waals surface area contributed by atoms with Crippen molar-refractivity contribution in [3.8, 4) is 11.1 Å². The number of nitrogens with two attached hydrogens (primary N) is 1. The summed E-state index contributed by atoms with van der Waals surface area (Å²) in [5, 5.41) is 5.90. The van der Waals surface area contributed by atoms with Crippen molar-refractivity contribution < 1.29 is 4.79 Å². The summed E-state index contributed by atoms with van der Waals surface area (Å²) in [6, 6.07) is 34.1. The van der Waals surface area contributed by atoms with Gasteiger partial charge in [-0.2, -0.15) is 0 Å². The Morgan fingerprint density at radius 2 is 1.49 bits per heavy atom. The van der Waals surface area contributed by atoms with Crippen LogP contribution < -0.4 is 11.1 Å². The van der Waals surface area contributed by atoms with Gasteiger partial charge in [-0.05, 0) is 89.7 Å². The second kappa shape index (κ2) is 10.9. The van der Waals surface area contributed by atoms with Gasteiger partial charge < -0.3 is 11.1 Å². The molecule has 4 aromatic rings. The number of nitrogens with one attached hydrogen (secondary N) is 1. The highest BCUT2D eigenvalue weighted by Gasteiger charge is 2.27. The fraction of sp³-hybridized carbons (Fsp3) is 0.281. The van der Waals surface area contributed by atoms with Crippen molar-refractivity contribution in [1.29, 1.82) is 0 Å². The highest BCUT2D eigenvalue weighted by Crippen LogP contribution is 2.31. The van der Waals surface area contributed by atoms with Crippen LogP contribution in [-0.4, -0.2) is 12.5 Å². The molecule has 0 aliphatic heterocycles. The maximum atomic E-state index is 13.3. The lowest BCUT2D eigenvalue weighted by Gasteiger charge is -2.29. The van der Waals surface area contributed by atoms with E-state index in [2.05, 4.69) is 96.3 Å². The Morgan fingerprint density at radius 3 is 2.26 bits per heavy atom. The molecule has 3 nitrogen and oxygen atoms in total. The Hall–Kier alpha value is -3.43. The predicted octanol–water partition coefficient (Wildman–Crippen LogP) is 6.67. The van der Waals surface area contributed by atoms with Crippen LogP contribution in [0.5, 0.6) is 0 Å². The van der Waals surface area contributed by atoms with Gasteiger partial charge in [0.1, 0.15) is 0 Å². The van der Waals surface area contributed by atoms with Crippen LogP contribution in [0.2, 0.25) is 0 Å². The van der Waals surface area contributed by atoms with Crippen molar-refractivity contribution in [2.24, 2.45) is 17.6 Å². The maximum Gasteiger partial charge on any atom is 0.223 e. The molecule has 35 heavy (non-hydrogen) atoms. The molecule has 3 N–H and O–H groups in total. The molecule has 0 heterocycles. The molecule has 0 radical (unpaired) electrons. The second-order valence-electron chi connectivity index (χ2n) is 9.89. The minimum absolute atomic E-state index is 0.0717. The topological polar surface area (TPSA) is 55.1 Å². The molecule has 5 rings (SSSR count). The van der Waals surface area contributed by atoms with E-state index in [9.17, 15) is 4.79 Å². The summed E-state index contributed by atoms with van der Waals surface area (Å²) in [6.07, 6.45) is 4.74. The number of rotatable bonds is 7. The van der Waals surface area contributed by atoms with Gasteiger partial charge in [-0.3, -0.25) is 4.79 Å². The van der Waals surface area contributed by atoms with E-state index in [0.717, 1.165) is 44.2 Å². The van der Waals surface area contributed by atoms with Crippen LogP contribution in [0.4, 0.5) is 0 Å². The minimum Gasteiger partial charge on any atom is -0.349 e. The van der Waals surface area contributed by atoms with Gasteiger partial charge in [0.2, 0.25) is 5.91 Å². The number of fused-ring (bicyclic) bond motifs is 1. The molecule has 3 heteroatoms. The van der Waals surface area contributed by atoms with Crippen molar-refractivity contribution in [3.05, 3.63) is 108 Å². The molecule has 1 unspecified atom stereocenters. The zero-order valence-corrected chi connectivity index (χ0v) is 20.2. The van der Waals surface area contributed by atoms with Crippen LogP contribution in [0.1, 0.15) is 42.9 Å². The van der Waals surface area contributed by atoms with Gasteiger partial charge in [-0.25, -0.2) is 0 Å². The van der Waals surface area contributed by atoms with Crippen LogP contribution in [0.25, 0.3) is 21.9 Å². The van der Waals surface area contributed by atoms with Crippen molar-refractivity contribution in [3.63, 3.8) is 0 Å². The smallest absolute Gasteiger partial charge is 0.223 e.